The van der Waals surface area contributed by atoms with Gasteiger partial charge in [-0.3, -0.25) is 9.59 Å². The lowest BCUT2D eigenvalue weighted by atomic mass is 10.2. The van der Waals surface area contributed by atoms with Crippen molar-refractivity contribution in [2.75, 3.05) is 26.2 Å². The first-order chi connectivity index (χ1) is 13.6. The number of nitrogens with one attached hydrogen (secondary N) is 1. The van der Waals surface area contributed by atoms with Gasteiger partial charge in [-0.05, 0) is 56.2 Å². The van der Waals surface area contributed by atoms with E-state index in [2.05, 4.69) is 5.32 Å². The quantitative estimate of drug-likeness (QED) is 0.761. The average Bonchev–Trinajstić information content (AvgIpc) is 3.24. The SMILES string of the molecule is Cc1ccc(Oc2ccc(OCC(=O)NCCC(=O)N3CCCC3)cc2)cc1. The van der Waals surface area contributed by atoms with E-state index >= 15 is 0 Å². The lowest BCUT2D eigenvalue weighted by Gasteiger charge is -2.15. The van der Waals surface area contributed by atoms with Gasteiger partial charge in [0, 0.05) is 26.1 Å². The fraction of sp³-hybridized carbons (Fsp3) is 0.364. The van der Waals surface area contributed by atoms with Crippen molar-refractivity contribution in [3.63, 3.8) is 0 Å². The Hall–Kier alpha value is -3.02. The van der Waals surface area contributed by atoms with Gasteiger partial charge in [-0.15, -0.1) is 0 Å². The van der Waals surface area contributed by atoms with Gasteiger partial charge in [0.25, 0.3) is 5.91 Å². The maximum Gasteiger partial charge on any atom is 0.257 e. The summed E-state index contributed by atoms with van der Waals surface area (Å²) in [7, 11) is 0. The van der Waals surface area contributed by atoms with E-state index in [0.29, 0.717) is 24.5 Å². The van der Waals surface area contributed by atoms with Gasteiger partial charge in [-0.25, -0.2) is 0 Å². The Kier molecular flexibility index (Phi) is 6.89. The van der Waals surface area contributed by atoms with E-state index < -0.39 is 0 Å². The third kappa shape index (κ3) is 6.01. The molecule has 2 aromatic rings. The van der Waals surface area contributed by atoms with Gasteiger partial charge in [0.15, 0.2) is 6.61 Å². The van der Waals surface area contributed by atoms with E-state index in [0.717, 1.165) is 31.7 Å². The van der Waals surface area contributed by atoms with Gasteiger partial charge in [0.1, 0.15) is 17.2 Å². The van der Waals surface area contributed by atoms with Crippen LogP contribution in [-0.2, 0) is 9.59 Å². The number of rotatable bonds is 8. The number of hydrogen-bond acceptors (Lipinski definition) is 4. The smallest absolute Gasteiger partial charge is 0.257 e. The summed E-state index contributed by atoms with van der Waals surface area (Å²) in [6.07, 6.45) is 2.47. The topological polar surface area (TPSA) is 67.9 Å². The highest BCUT2D eigenvalue weighted by atomic mass is 16.5. The number of carbonyl (C=O) groups is 2. The highest BCUT2D eigenvalue weighted by Gasteiger charge is 2.17. The van der Waals surface area contributed by atoms with Crippen molar-refractivity contribution in [2.24, 2.45) is 0 Å². The minimum Gasteiger partial charge on any atom is -0.484 e. The van der Waals surface area contributed by atoms with Crippen molar-refractivity contribution in [1.29, 1.82) is 0 Å². The van der Waals surface area contributed by atoms with Crippen molar-refractivity contribution < 1.29 is 19.1 Å². The molecule has 0 aromatic heterocycles. The second-order valence-corrected chi connectivity index (χ2v) is 6.86. The molecule has 0 bridgehead atoms. The van der Waals surface area contributed by atoms with Gasteiger partial charge in [-0.2, -0.15) is 0 Å². The van der Waals surface area contributed by atoms with Crippen LogP contribution in [-0.4, -0.2) is 43.0 Å². The summed E-state index contributed by atoms with van der Waals surface area (Å²) < 4.78 is 11.2. The van der Waals surface area contributed by atoms with Crippen LogP contribution < -0.4 is 14.8 Å². The Morgan fingerprint density at radius 3 is 2.14 bits per heavy atom. The first kappa shape index (κ1) is 19.7. The fourth-order valence-corrected chi connectivity index (χ4v) is 2.98. The molecular weight excluding hydrogens is 356 g/mol. The Bertz CT molecular complexity index is 781. The number of nitrogens with zero attached hydrogens (tertiary/aromatic N) is 1. The van der Waals surface area contributed by atoms with Crippen molar-refractivity contribution >= 4 is 11.8 Å². The van der Waals surface area contributed by atoms with Crippen molar-refractivity contribution in [1.82, 2.24) is 10.2 Å². The van der Waals surface area contributed by atoms with E-state index in [1.807, 2.05) is 36.1 Å². The maximum atomic E-state index is 11.9. The van der Waals surface area contributed by atoms with Crippen molar-refractivity contribution in [3.8, 4) is 17.2 Å². The predicted octanol–water partition coefficient (Wildman–Crippen LogP) is 3.29. The second kappa shape index (κ2) is 9.78. The highest BCUT2D eigenvalue weighted by Crippen LogP contribution is 2.24. The minimum absolute atomic E-state index is 0.0872. The fourth-order valence-electron chi connectivity index (χ4n) is 2.98. The van der Waals surface area contributed by atoms with Gasteiger partial charge in [0.2, 0.25) is 5.91 Å². The molecule has 3 rings (SSSR count). The molecule has 2 aromatic carbocycles. The van der Waals surface area contributed by atoms with Crippen LogP contribution in [0.1, 0.15) is 24.8 Å². The third-order valence-electron chi connectivity index (χ3n) is 4.57. The van der Waals surface area contributed by atoms with Crippen LogP contribution in [0.25, 0.3) is 0 Å². The number of benzene rings is 2. The standard InChI is InChI=1S/C22H26N2O4/c1-17-4-6-19(7-5-17)28-20-10-8-18(9-11-20)27-16-21(25)23-13-12-22(26)24-14-2-3-15-24/h4-11H,2-3,12-16H2,1H3,(H,23,25). The molecular formula is C22H26N2O4. The summed E-state index contributed by atoms with van der Waals surface area (Å²) in [4.78, 5) is 25.6. The molecule has 1 aliphatic heterocycles. The van der Waals surface area contributed by atoms with Crippen LogP contribution in [0.15, 0.2) is 48.5 Å². The average molecular weight is 382 g/mol. The predicted molar refractivity (Wildman–Crippen MR) is 107 cm³/mol. The van der Waals surface area contributed by atoms with Crippen LogP contribution in [0.4, 0.5) is 0 Å². The molecule has 1 fully saturated rings. The zero-order chi connectivity index (χ0) is 19.8. The molecule has 6 heteroatoms. The Morgan fingerprint density at radius 1 is 0.929 bits per heavy atom. The van der Waals surface area contributed by atoms with E-state index in [1.165, 1.54) is 5.56 Å². The third-order valence-corrected chi connectivity index (χ3v) is 4.57. The van der Waals surface area contributed by atoms with Crippen LogP contribution in [0.3, 0.4) is 0 Å². The van der Waals surface area contributed by atoms with Crippen molar-refractivity contribution in [3.05, 3.63) is 54.1 Å². The molecule has 148 valence electrons. The molecule has 0 radical (unpaired) electrons. The molecule has 0 spiro atoms. The monoisotopic (exact) mass is 382 g/mol. The summed E-state index contributed by atoms with van der Waals surface area (Å²) in [6.45, 7) is 3.94. The minimum atomic E-state index is -0.241. The summed E-state index contributed by atoms with van der Waals surface area (Å²) >= 11 is 0. The van der Waals surface area contributed by atoms with Gasteiger partial charge >= 0.3 is 0 Å². The van der Waals surface area contributed by atoms with Crippen LogP contribution in [0.2, 0.25) is 0 Å². The normalized spacial score (nSPS) is 13.2. The molecule has 28 heavy (non-hydrogen) atoms. The van der Waals surface area contributed by atoms with E-state index in [1.54, 1.807) is 24.3 Å². The Morgan fingerprint density at radius 2 is 1.50 bits per heavy atom. The molecule has 1 N–H and O–H groups in total. The van der Waals surface area contributed by atoms with Crippen LogP contribution >= 0.6 is 0 Å². The number of aryl methyl sites for hydroxylation is 1. The summed E-state index contributed by atoms with van der Waals surface area (Å²) in [5.74, 6) is 1.90. The summed E-state index contributed by atoms with van der Waals surface area (Å²) in [6, 6.07) is 14.9. The van der Waals surface area contributed by atoms with E-state index in [4.69, 9.17) is 9.47 Å². The second-order valence-electron chi connectivity index (χ2n) is 6.86. The zero-order valence-corrected chi connectivity index (χ0v) is 16.1. The number of amides is 2. The van der Waals surface area contributed by atoms with Gasteiger partial charge < -0.3 is 19.7 Å². The molecule has 0 aliphatic carbocycles. The molecule has 1 heterocycles. The van der Waals surface area contributed by atoms with Crippen LogP contribution in [0.5, 0.6) is 17.2 Å². The largest absolute Gasteiger partial charge is 0.484 e. The van der Waals surface area contributed by atoms with Gasteiger partial charge in [0.05, 0.1) is 0 Å². The molecule has 0 atom stereocenters. The summed E-state index contributed by atoms with van der Waals surface area (Å²) in [5.41, 5.74) is 1.18. The maximum absolute atomic E-state index is 11.9. The molecule has 0 unspecified atom stereocenters. The lowest BCUT2D eigenvalue weighted by molar-refractivity contribution is -0.130. The summed E-state index contributed by atoms with van der Waals surface area (Å²) in [5, 5.41) is 2.72. The van der Waals surface area contributed by atoms with Crippen LogP contribution in [0, 0.1) is 6.92 Å². The van der Waals surface area contributed by atoms with Crippen molar-refractivity contribution in [2.45, 2.75) is 26.2 Å². The molecule has 0 saturated carbocycles. The Labute approximate surface area is 165 Å². The van der Waals surface area contributed by atoms with Gasteiger partial charge in [-0.1, -0.05) is 17.7 Å². The number of ether oxygens (including phenoxy) is 2. The number of hydrogen-bond donors (Lipinski definition) is 1. The molecule has 6 nitrogen and oxygen atoms in total. The molecule has 1 aliphatic rings. The lowest BCUT2D eigenvalue weighted by Crippen LogP contribution is -2.34. The Balaban J connectivity index is 1.36. The first-order valence-corrected chi connectivity index (χ1v) is 9.62. The number of likely N-dealkylation sites (tertiary alicyclic amines) is 1. The molecule has 1 saturated heterocycles. The number of carbonyl (C=O) groups excluding carboxylic acids is 2. The first-order valence-electron chi connectivity index (χ1n) is 9.62. The molecule has 2 amide bonds. The zero-order valence-electron chi connectivity index (χ0n) is 16.1. The highest BCUT2D eigenvalue weighted by molar-refractivity contribution is 5.80. The van der Waals surface area contributed by atoms with E-state index in [9.17, 15) is 9.59 Å². The van der Waals surface area contributed by atoms with E-state index in [-0.39, 0.29) is 18.4 Å².